The predicted molar refractivity (Wildman–Crippen MR) is 159 cm³/mol. The van der Waals surface area contributed by atoms with E-state index in [-0.39, 0.29) is 35.7 Å². The molecule has 2 amide bonds. The molecule has 5 rings (SSSR count). The van der Waals surface area contributed by atoms with Gasteiger partial charge in [0.05, 0.1) is 32.0 Å². The van der Waals surface area contributed by atoms with Crippen LogP contribution in [0.5, 0.6) is 5.75 Å². The van der Waals surface area contributed by atoms with Crippen LogP contribution < -0.4 is 15.4 Å². The van der Waals surface area contributed by atoms with E-state index < -0.39 is 23.6 Å². The number of aryl methyl sites for hydroxylation is 1. The molecule has 43 heavy (non-hydrogen) atoms. The molecule has 1 saturated carbocycles. The number of ether oxygens (including phenoxy) is 2. The van der Waals surface area contributed by atoms with Gasteiger partial charge < -0.3 is 20.1 Å². The number of H-pyrrole nitrogens is 1. The Labute approximate surface area is 253 Å². The van der Waals surface area contributed by atoms with Gasteiger partial charge in [0.2, 0.25) is 11.8 Å². The number of hydrogen-bond acceptors (Lipinski definition) is 7. The van der Waals surface area contributed by atoms with Gasteiger partial charge >= 0.3 is 0 Å². The molecule has 2 aromatic rings. The minimum Gasteiger partial charge on any atom is -0.497 e. The number of rotatable bonds is 14. The summed E-state index contributed by atoms with van der Waals surface area (Å²) >= 11 is 0. The van der Waals surface area contributed by atoms with Gasteiger partial charge in [-0.2, -0.15) is 5.10 Å². The van der Waals surface area contributed by atoms with Gasteiger partial charge in [-0.3, -0.25) is 24.3 Å². The van der Waals surface area contributed by atoms with Gasteiger partial charge in [0, 0.05) is 24.0 Å². The third-order valence-corrected chi connectivity index (χ3v) is 9.46. The quantitative estimate of drug-likeness (QED) is 0.286. The maximum atomic E-state index is 13.8. The largest absolute Gasteiger partial charge is 0.497 e. The summed E-state index contributed by atoms with van der Waals surface area (Å²) in [6.07, 6.45) is 8.96. The van der Waals surface area contributed by atoms with Gasteiger partial charge in [0.25, 0.3) is 0 Å². The molecule has 0 radical (unpaired) electrons. The van der Waals surface area contributed by atoms with Crippen LogP contribution in [-0.2, 0) is 43.2 Å². The highest BCUT2D eigenvalue weighted by Gasteiger charge is 2.50. The van der Waals surface area contributed by atoms with Crippen molar-refractivity contribution in [2.24, 2.45) is 17.8 Å². The molecule has 2 fully saturated rings. The second-order valence-corrected chi connectivity index (χ2v) is 12.8. The normalized spacial score (nSPS) is 23.5. The van der Waals surface area contributed by atoms with Gasteiger partial charge in [-0.05, 0) is 75.1 Å². The first-order valence-electron chi connectivity index (χ1n) is 15.6. The van der Waals surface area contributed by atoms with Crippen molar-refractivity contribution in [3.8, 4) is 5.75 Å². The van der Waals surface area contributed by atoms with Crippen molar-refractivity contribution in [1.82, 2.24) is 20.8 Å². The number of carbonyl (C=O) groups is 4. The van der Waals surface area contributed by atoms with Crippen LogP contribution in [0.1, 0.15) is 75.6 Å². The molecule has 1 aliphatic heterocycles. The average Bonchev–Trinajstić information content (AvgIpc) is 3.36. The highest BCUT2D eigenvalue weighted by atomic mass is 16.6. The molecule has 0 bridgehead atoms. The number of nitrogens with one attached hydrogen (secondary N) is 3. The van der Waals surface area contributed by atoms with E-state index in [1.165, 1.54) is 0 Å². The molecule has 0 spiro atoms. The standard InChI is InChI=1S/C33H44N4O6/c1-20(35-31(40)23-10-13-27-25(16-23)18-34-37-27)29(38)17-24(14-22-8-11-26(42-3)12-9-22)32(41)36-28(15-21-6-4-5-7-21)30(39)33(2)19-43-33/h8-9,11-12,18,20-21,23-24,28H,4-7,10,13-17,19H2,1-3H3,(H,34,37)(H,35,40)(H,36,41). The number of nitrogens with zero attached hydrogens (tertiary/aromatic N) is 1. The number of Topliss-reactive ketones (excluding diaryl/α,β-unsaturated/α-hetero) is 2. The molecule has 2 heterocycles. The van der Waals surface area contributed by atoms with Crippen molar-refractivity contribution in [2.75, 3.05) is 13.7 Å². The topological polar surface area (TPSA) is 143 Å². The van der Waals surface area contributed by atoms with Gasteiger partial charge in [-0.1, -0.05) is 37.8 Å². The van der Waals surface area contributed by atoms with Crippen molar-refractivity contribution in [2.45, 2.75) is 95.7 Å². The second-order valence-electron chi connectivity index (χ2n) is 12.8. The molecule has 3 N–H and O–H groups in total. The Morgan fingerprint density at radius 2 is 1.84 bits per heavy atom. The summed E-state index contributed by atoms with van der Waals surface area (Å²) in [5, 5.41) is 13.0. The summed E-state index contributed by atoms with van der Waals surface area (Å²) in [6.45, 7) is 3.80. The molecule has 2 aliphatic carbocycles. The van der Waals surface area contributed by atoms with Crippen LogP contribution in [0.3, 0.4) is 0 Å². The van der Waals surface area contributed by atoms with E-state index in [9.17, 15) is 19.2 Å². The summed E-state index contributed by atoms with van der Waals surface area (Å²) in [6, 6.07) is 5.99. The van der Waals surface area contributed by atoms with E-state index in [0.29, 0.717) is 44.0 Å². The lowest BCUT2D eigenvalue weighted by molar-refractivity contribution is -0.135. The second kappa shape index (κ2) is 13.4. The number of benzene rings is 1. The molecule has 5 atom stereocenters. The number of hydrogen-bond donors (Lipinski definition) is 3. The van der Waals surface area contributed by atoms with Crippen LogP contribution in [0.25, 0.3) is 0 Å². The van der Waals surface area contributed by atoms with Gasteiger partial charge in [-0.25, -0.2) is 0 Å². The lowest BCUT2D eigenvalue weighted by Crippen LogP contribution is -2.50. The number of epoxide rings is 1. The molecule has 3 aliphatic rings. The van der Waals surface area contributed by atoms with Gasteiger partial charge in [-0.15, -0.1) is 0 Å². The fourth-order valence-corrected chi connectivity index (χ4v) is 6.49. The Morgan fingerprint density at radius 1 is 1.12 bits per heavy atom. The van der Waals surface area contributed by atoms with Crippen molar-refractivity contribution < 1.29 is 28.7 Å². The number of methoxy groups -OCH3 is 1. The molecule has 1 saturated heterocycles. The van der Waals surface area contributed by atoms with Crippen LogP contribution in [-0.4, -0.2) is 65.0 Å². The molecule has 10 heteroatoms. The van der Waals surface area contributed by atoms with Crippen molar-refractivity contribution in [3.63, 3.8) is 0 Å². The van der Waals surface area contributed by atoms with Crippen molar-refractivity contribution >= 4 is 23.4 Å². The number of carbonyl (C=O) groups excluding carboxylic acids is 4. The first-order valence-corrected chi connectivity index (χ1v) is 15.6. The Balaban J connectivity index is 1.26. The third-order valence-electron chi connectivity index (χ3n) is 9.46. The van der Waals surface area contributed by atoms with Crippen molar-refractivity contribution in [1.29, 1.82) is 0 Å². The Morgan fingerprint density at radius 3 is 2.51 bits per heavy atom. The number of fused-ring (bicyclic) bond motifs is 1. The zero-order valence-corrected chi connectivity index (χ0v) is 25.4. The van der Waals surface area contributed by atoms with Gasteiger partial charge in [0.15, 0.2) is 11.6 Å². The lowest BCUT2D eigenvalue weighted by atomic mass is 9.86. The summed E-state index contributed by atoms with van der Waals surface area (Å²) < 4.78 is 10.7. The molecule has 10 nitrogen and oxygen atoms in total. The summed E-state index contributed by atoms with van der Waals surface area (Å²) in [4.78, 5) is 53.8. The van der Waals surface area contributed by atoms with E-state index in [0.717, 1.165) is 48.9 Å². The lowest BCUT2D eigenvalue weighted by Gasteiger charge is -2.26. The average molecular weight is 593 g/mol. The molecule has 1 aromatic carbocycles. The van der Waals surface area contributed by atoms with Crippen LogP contribution in [0, 0.1) is 17.8 Å². The Bertz CT molecular complexity index is 1310. The number of aromatic nitrogens is 2. The fourth-order valence-electron chi connectivity index (χ4n) is 6.49. The minimum atomic E-state index is -0.854. The van der Waals surface area contributed by atoms with Crippen LogP contribution in [0.2, 0.25) is 0 Å². The zero-order chi connectivity index (χ0) is 30.6. The smallest absolute Gasteiger partial charge is 0.224 e. The Hall–Kier alpha value is -3.53. The van der Waals surface area contributed by atoms with Crippen LogP contribution in [0.15, 0.2) is 30.5 Å². The third kappa shape index (κ3) is 7.71. The number of aromatic amines is 1. The minimum absolute atomic E-state index is 0.0615. The molecular weight excluding hydrogens is 548 g/mol. The fraction of sp³-hybridized carbons (Fsp3) is 0.606. The van der Waals surface area contributed by atoms with Crippen LogP contribution >= 0.6 is 0 Å². The molecule has 232 valence electrons. The van der Waals surface area contributed by atoms with E-state index in [1.807, 2.05) is 24.3 Å². The van der Waals surface area contributed by atoms with E-state index in [4.69, 9.17) is 9.47 Å². The maximum absolute atomic E-state index is 13.8. The highest BCUT2D eigenvalue weighted by Crippen LogP contribution is 2.34. The highest BCUT2D eigenvalue weighted by molar-refractivity contribution is 5.98. The SMILES string of the molecule is COc1ccc(CC(CC(=O)C(C)NC(=O)C2CCc3[nH]ncc3C2)C(=O)NC(CC2CCCC2)C(=O)C2(C)CO2)cc1. The predicted octanol–water partition coefficient (Wildman–Crippen LogP) is 3.27. The van der Waals surface area contributed by atoms with E-state index in [1.54, 1.807) is 27.2 Å². The van der Waals surface area contributed by atoms with E-state index in [2.05, 4.69) is 20.8 Å². The molecule has 1 aromatic heterocycles. The zero-order valence-electron chi connectivity index (χ0n) is 25.4. The van der Waals surface area contributed by atoms with Crippen LogP contribution in [0.4, 0.5) is 0 Å². The monoisotopic (exact) mass is 592 g/mol. The van der Waals surface area contributed by atoms with E-state index >= 15 is 0 Å². The number of amides is 2. The first-order chi connectivity index (χ1) is 20.6. The Kier molecular flexibility index (Phi) is 9.64. The first kappa shape index (κ1) is 30.9. The molecule has 5 unspecified atom stereocenters. The maximum Gasteiger partial charge on any atom is 0.224 e. The summed E-state index contributed by atoms with van der Waals surface area (Å²) in [5.74, 6) is -0.683. The molecular formula is C33H44N4O6. The summed E-state index contributed by atoms with van der Waals surface area (Å²) in [7, 11) is 1.59. The van der Waals surface area contributed by atoms with Crippen molar-refractivity contribution in [3.05, 3.63) is 47.3 Å². The number of ketones is 2. The van der Waals surface area contributed by atoms with Gasteiger partial charge in [0.1, 0.15) is 11.4 Å². The summed E-state index contributed by atoms with van der Waals surface area (Å²) in [5.41, 5.74) is 2.12.